The van der Waals surface area contributed by atoms with Gasteiger partial charge in [-0.2, -0.15) is 0 Å². The number of thiazole rings is 1. The summed E-state index contributed by atoms with van der Waals surface area (Å²) >= 11 is 12.9. The Morgan fingerprint density at radius 1 is 1.39 bits per heavy atom. The van der Waals surface area contributed by atoms with Crippen LogP contribution in [0, 0.1) is 13.8 Å². The Hall–Kier alpha value is -1.17. The maximum Gasteiger partial charge on any atom is 0.259 e. The van der Waals surface area contributed by atoms with Crippen LogP contribution in [-0.2, 0) is 0 Å². The van der Waals surface area contributed by atoms with E-state index in [1.54, 1.807) is 0 Å². The van der Waals surface area contributed by atoms with Gasteiger partial charge in [0.05, 0.1) is 16.3 Å². The van der Waals surface area contributed by atoms with Crippen LogP contribution in [0.5, 0.6) is 0 Å². The number of pyridine rings is 1. The molecule has 0 radical (unpaired) electrons. The van der Waals surface area contributed by atoms with Gasteiger partial charge in [0.25, 0.3) is 5.91 Å². The van der Waals surface area contributed by atoms with E-state index in [-0.39, 0.29) is 16.1 Å². The fraction of sp³-hybridized carbons (Fsp3) is 0.182. The Morgan fingerprint density at radius 3 is 2.67 bits per heavy atom. The van der Waals surface area contributed by atoms with Crippen LogP contribution in [0.25, 0.3) is 0 Å². The lowest BCUT2D eigenvalue weighted by Gasteiger charge is -2.02. The quantitative estimate of drug-likeness (QED) is 0.860. The van der Waals surface area contributed by atoms with Gasteiger partial charge in [-0.1, -0.05) is 23.2 Å². The summed E-state index contributed by atoms with van der Waals surface area (Å²) in [6.45, 7) is 3.84. The number of carbonyl (C=O) groups is 1. The minimum absolute atomic E-state index is 0.175. The second-order valence-corrected chi connectivity index (χ2v) is 5.58. The van der Waals surface area contributed by atoms with Gasteiger partial charge in [-0.3, -0.25) is 10.1 Å². The number of halogens is 2. The molecule has 0 spiro atoms. The second-order valence-electron chi connectivity index (χ2n) is 3.61. The molecule has 1 amide bonds. The Labute approximate surface area is 118 Å². The first-order chi connectivity index (χ1) is 8.47. The summed E-state index contributed by atoms with van der Waals surface area (Å²) < 4.78 is 0. The van der Waals surface area contributed by atoms with Crippen LogP contribution in [0.2, 0.25) is 10.2 Å². The highest BCUT2D eigenvalue weighted by molar-refractivity contribution is 7.15. The molecule has 0 aliphatic rings. The fourth-order valence-electron chi connectivity index (χ4n) is 1.24. The highest BCUT2D eigenvalue weighted by Crippen LogP contribution is 2.23. The van der Waals surface area contributed by atoms with Gasteiger partial charge in [0.15, 0.2) is 5.13 Å². The van der Waals surface area contributed by atoms with Crippen LogP contribution >= 0.6 is 34.5 Å². The minimum atomic E-state index is -0.310. The monoisotopic (exact) mass is 301 g/mol. The molecule has 7 heteroatoms. The van der Waals surface area contributed by atoms with Gasteiger partial charge >= 0.3 is 0 Å². The van der Waals surface area contributed by atoms with E-state index < -0.39 is 0 Å². The van der Waals surface area contributed by atoms with Gasteiger partial charge < -0.3 is 0 Å². The molecule has 1 N–H and O–H groups in total. The van der Waals surface area contributed by atoms with Gasteiger partial charge in [-0.25, -0.2) is 9.97 Å². The molecule has 0 saturated heterocycles. The molecule has 0 aromatic carbocycles. The average molecular weight is 302 g/mol. The molecule has 0 aliphatic heterocycles. The Morgan fingerprint density at radius 2 is 2.11 bits per heavy atom. The molecular weight excluding hydrogens is 293 g/mol. The van der Waals surface area contributed by atoms with Crippen molar-refractivity contribution in [1.82, 2.24) is 9.97 Å². The number of aromatic nitrogens is 2. The maximum absolute atomic E-state index is 11.9. The van der Waals surface area contributed by atoms with Gasteiger partial charge in [0.2, 0.25) is 0 Å². The van der Waals surface area contributed by atoms with Crippen molar-refractivity contribution >= 4 is 45.6 Å². The predicted octanol–water partition coefficient (Wildman–Crippen LogP) is 3.71. The van der Waals surface area contributed by atoms with Gasteiger partial charge in [-0.15, -0.1) is 11.3 Å². The number of carbonyl (C=O) groups excluding carboxylic acids is 1. The second kappa shape index (κ2) is 5.22. The molecule has 4 nitrogen and oxygen atoms in total. The summed E-state index contributed by atoms with van der Waals surface area (Å²) in [6.07, 6.45) is 1.37. The lowest BCUT2D eigenvalue weighted by atomic mass is 10.3. The zero-order valence-corrected chi connectivity index (χ0v) is 11.9. The molecule has 0 aliphatic carbocycles. The number of aryl methyl sites for hydroxylation is 2. The van der Waals surface area contributed by atoms with Crippen molar-refractivity contribution in [2.75, 3.05) is 5.32 Å². The zero-order valence-electron chi connectivity index (χ0n) is 9.62. The molecule has 0 saturated carbocycles. The Kier molecular flexibility index (Phi) is 3.85. The third kappa shape index (κ3) is 2.80. The molecule has 2 aromatic heterocycles. The van der Waals surface area contributed by atoms with Crippen LogP contribution < -0.4 is 5.32 Å². The molecule has 2 rings (SSSR count). The van der Waals surface area contributed by atoms with Gasteiger partial charge in [0.1, 0.15) is 5.15 Å². The molecule has 0 fully saturated rings. The maximum atomic E-state index is 11.9. The standard InChI is InChI=1S/C11H9Cl2N3OS/c1-5-6(2)18-11(15-5)16-10(17)7-3-8(12)9(13)14-4-7/h3-4H,1-2H3,(H,15,16,17). The molecule has 18 heavy (non-hydrogen) atoms. The third-order valence-corrected chi connectivity index (χ3v) is 3.98. The number of nitrogens with one attached hydrogen (secondary N) is 1. The number of nitrogens with zero attached hydrogens (tertiary/aromatic N) is 2. The van der Waals surface area contributed by atoms with E-state index >= 15 is 0 Å². The summed E-state index contributed by atoms with van der Waals surface area (Å²) in [5.41, 5.74) is 1.25. The van der Waals surface area contributed by atoms with E-state index in [1.807, 2.05) is 13.8 Å². The van der Waals surface area contributed by atoms with E-state index in [0.717, 1.165) is 10.6 Å². The van der Waals surface area contributed by atoms with Crippen LogP contribution in [0.15, 0.2) is 12.3 Å². The molecule has 0 bridgehead atoms. The fourth-order valence-corrected chi connectivity index (χ4v) is 2.32. The first-order valence-corrected chi connectivity index (χ1v) is 6.61. The van der Waals surface area contributed by atoms with Crippen LogP contribution in [0.1, 0.15) is 20.9 Å². The van der Waals surface area contributed by atoms with Gasteiger partial charge in [0, 0.05) is 11.1 Å². The van der Waals surface area contributed by atoms with E-state index in [9.17, 15) is 4.79 Å². The smallest absolute Gasteiger partial charge is 0.259 e. The number of rotatable bonds is 2. The van der Waals surface area contributed by atoms with E-state index in [0.29, 0.717) is 10.7 Å². The van der Waals surface area contributed by atoms with Crippen molar-refractivity contribution in [1.29, 1.82) is 0 Å². The largest absolute Gasteiger partial charge is 0.298 e. The normalized spacial score (nSPS) is 10.4. The lowest BCUT2D eigenvalue weighted by molar-refractivity contribution is 0.102. The van der Waals surface area contributed by atoms with Crippen molar-refractivity contribution in [3.8, 4) is 0 Å². The summed E-state index contributed by atoms with van der Waals surface area (Å²) in [7, 11) is 0. The first-order valence-electron chi connectivity index (χ1n) is 5.04. The summed E-state index contributed by atoms with van der Waals surface area (Å²) in [4.78, 5) is 21.0. The van der Waals surface area contributed by atoms with E-state index in [4.69, 9.17) is 23.2 Å². The summed E-state index contributed by atoms with van der Waals surface area (Å²) in [5.74, 6) is -0.310. The van der Waals surface area contributed by atoms with Crippen molar-refractivity contribution in [2.24, 2.45) is 0 Å². The number of anilines is 1. The van der Waals surface area contributed by atoms with Crippen molar-refractivity contribution in [3.63, 3.8) is 0 Å². The highest BCUT2D eigenvalue weighted by atomic mass is 35.5. The molecule has 0 unspecified atom stereocenters. The summed E-state index contributed by atoms with van der Waals surface area (Å²) in [5, 5.41) is 3.67. The van der Waals surface area contributed by atoms with E-state index in [1.165, 1.54) is 23.6 Å². The van der Waals surface area contributed by atoms with Crippen molar-refractivity contribution < 1.29 is 4.79 Å². The number of amides is 1. The minimum Gasteiger partial charge on any atom is -0.298 e. The van der Waals surface area contributed by atoms with Crippen LogP contribution in [0.3, 0.4) is 0 Å². The topological polar surface area (TPSA) is 54.9 Å². The first kappa shape index (κ1) is 13.3. The predicted molar refractivity (Wildman–Crippen MR) is 73.8 cm³/mol. The molecule has 0 atom stereocenters. The Balaban J connectivity index is 2.19. The molecular formula is C11H9Cl2N3OS. The molecule has 94 valence electrons. The SMILES string of the molecule is Cc1nc(NC(=O)c2cnc(Cl)c(Cl)c2)sc1C. The number of hydrogen-bond acceptors (Lipinski definition) is 4. The van der Waals surface area contributed by atoms with Crippen LogP contribution in [-0.4, -0.2) is 15.9 Å². The highest BCUT2D eigenvalue weighted by Gasteiger charge is 2.12. The lowest BCUT2D eigenvalue weighted by Crippen LogP contribution is -2.12. The van der Waals surface area contributed by atoms with Crippen LogP contribution in [0.4, 0.5) is 5.13 Å². The molecule has 2 aromatic rings. The Bertz CT molecular complexity index is 593. The zero-order chi connectivity index (χ0) is 13.3. The van der Waals surface area contributed by atoms with Crippen molar-refractivity contribution in [2.45, 2.75) is 13.8 Å². The van der Waals surface area contributed by atoms with Crippen molar-refractivity contribution in [3.05, 3.63) is 38.6 Å². The third-order valence-electron chi connectivity index (χ3n) is 2.31. The number of hydrogen-bond donors (Lipinski definition) is 1. The molecule has 2 heterocycles. The van der Waals surface area contributed by atoms with Gasteiger partial charge in [-0.05, 0) is 19.9 Å². The average Bonchev–Trinajstić information content (AvgIpc) is 2.61. The summed E-state index contributed by atoms with van der Waals surface area (Å²) in [6, 6.07) is 1.47. The van der Waals surface area contributed by atoms with E-state index in [2.05, 4.69) is 15.3 Å².